The summed E-state index contributed by atoms with van der Waals surface area (Å²) >= 11 is 3.08. The van der Waals surface area contributed by atoms with Gasteiger partial charge in [0.05, 0.1) is 4.90 Å². The normalized spacial score (nSPS) is 11.4. The second kappa shape index (κ2) is 3.92. The smallest absolute Gasteiger partial charge is 0.249 e. The number of rotatable bonds is 2. The van der Waals surface area contributed by atoms with E-state index in [1.807, 2.05) is 0 Å². The summed E-state index contributed by atoms with van der Waals surface area (Å²) in [6, 6.07) is 2.78. The third-order valence-electron chi connectivity index (χ3n) is 1.90. The zero-order valence-electron chi connectivity index (χ0n) is 7.82. The topological polar surface area (TPSA) is 103 Å². The predicted octanol–water partition coefficient (Wildman–Crippen LogP) is 0.504. The van der Waals surface area contributed by atoms with Gasteiger partial charge in [0.2, 0.25) is 15.9 Å². The van der Waals surface area contributed by atoms with Crippen LogP contribution in [0.1, 0.15) is 15.9 Å². The van der Waals surface area contributed by atoms with Gasteiger partial charge in [-0.3, -0.25) is 4.79 Å². The molecule has 0 saturated carbocycles. The summed E-state index contributed by atoms with van der Waals surface area (Å²) in [6.45, 7) is 1.48. The molecular weight excluding hydrogens is 284 g/mol. The lowest BCUT2D eigenvalue weighted by atomic mass is 10.1. The summed E-state index contributed by atoms with van der Waals surface area (Å²) in [4.78, 5) is 10.9. The molecule has 7 heteroatoms. The highest BCUT2D eigenvalue weighted by Gasteiger charge is 2.17. The quantitative estimate of drug-likeness (QED) is 0.829. The predicted molar refractivity (Wildman–Crippen MR) is 58.8 cm³/mol. The lowest BCUT2D eigenvalue weighted by Gasteiger charge is -2.08. The highest BCUT2D eigenvalue weighted by Crippen LogP contribution is 2.23. The molecule has 15 heavy (non-hydrogen) atoms. The number of hydrogen-bond acceptors (Lipinski definition) is 3. The van der Waals surface area contributed by atoms with E-state index in [1.165, 1.54) is 19.1 Å². The summed E-state index contributed by atoms with van der Waals surface area (Å²) < 4.78 is 22.8. The molecule has 1 aromatic rings. The van der Waals surface area contributed by atoms with E-state index in [1.54, 1.807) is 0 Å². The van der Waals surface area contributed by atoms with Crippen molar-refractivity contribution in [2.24, 2.45) is 10.9 Å². The SMILES string of the molecule is Cc1c(C(N)=O)cc(Br)cc1S(N)(=O)=O. The molecule has 0 heterocycles. The monoisotopic (exact) mass is 292 g/mol. The minimum absolute atomic E-state index is 0.106. The number of nitrogens with two attached hydrogens (primary N) is 2. The molecule has 1 rings (SSSR count). The fraction of sp³-hybridized carbons (Fsp3) is 0.125. The maximum absolute atomic E-state index is 11.2. The van der Waals surface area contributed by atoms with Crippen LogP contribution in [0.2, 0.25) is 0 Å². The Morgan fingerprint density at radius 1 is 1.40 bits per heavy atom. The molecule has 0 aliphatic heterocycles. The Labute approximate surface area is 95.6 Å². The van der Waals surface area contributed by atoms with Crippen molar-refractivity contribution in [3.05, 3.63) is 27.7 Å². The average molecular weight is 293 g/mol. The van der Waals surface area contributed by atoms with Gasteiger partial charge in [-0.05, 0) is 24.6 Å². The fourth-order valence-corrected chi connectivity index (χ4v) is 2.64. The van der Waals surface area contributed by atoms with Crippen LogP contribution in [-0.4, -0.2) is 14.3 Å². The lowest BCUT2D eigenvalue weighted by Crippen LogP contribution is -2.18. The summed E-state index contributed by atoms with van der Waals surface area (Å²) in [5, 5.41) is 4.99. The van der Waals surface area contributed by atoms with Gasteiger partial charge in [0, 0.05) is 10.0 Å². The fourth-order valence-electron chi connectivity index (χ4n) is 1.21. The molecule has 0 fully saturated rings. The lowest BCUT2D eigenvalue weighted by molar-refractivity contribution is 0.0999. The van der Waals surface area contributed by atoms with Crippen molar-refractivity contribution in [2.45, 2.75) is 11.8 Å². The molecule has 0 aliphatic rings. The molecule has 0 aromatic heterocycles. The Morgan fingerprint density at radius 2 is 1.93 bits per heavy atom. The molecule has 1 aromatic carbocycles. The Hall–Kier alpha value is -0.920. The molecule has 0 radical (unpaired) electrons. The van der Waals surface area contributed by atoms with Gasteiger partial charge in [0.25, 0.3) is 0 Å². The number of primary sulfonamides is 1. The van der Waals surface area contributed by atoms with Crippen LogP contribution in [0, 0.1) is 6.92 Å². The number of sulfonamides is 1. The average Bonchev–Trinajstić information content (AvgIpc) is 2.06. The number of primary amides is 1. The van der Waals surface area contributed by atoms with Gasteiger partial charge in [-0.15, -0.1) is 0 Å². The van der Waals surface area contributed by atoms with E-state index in [0.717, 1.165) is 0 Å². The van der Waals surface area contributed by atoms with Gasteiger partial charge in [-0.2, -0.15) is 0 Å². The molecular formula is C8H9BrN2O3S. The van der Waals surface area contributed by atoms with E-state index in [2.05, 4.69) is 15.9 Å². The van der Waals surface area contributed by atoms with E-state index < -0.39 is 15.9 Å². The van der Waals surface area contributed by atoms with E-state index in [4.69, 9.17) is 10.9 Å². The second-order valence-corrected chi connectivity index (χ2v) is 5.43. The van der Waals surface area contributed by atoms with Crippen LogP contribution in [-0.2, 0) is 10.0 Å². The van der Waals surface area contributed by atoms with Crippen LogP contribution in [0.4, 0.5) is 0 Å². The maximum Gasteiger partial charge on any atom is 0.249 e. The highest BCUT2D eigenvalue weighted by molar-refractivity contribution is 9.10. The summed E-state index contributed by atoms with van der Waals surface area (Å²) in [6.07, 6.45) is 0. The molecule has 0 spiro atoms. The molecule has 5 nitrogen and oxygen atoms in total. The Balaban J connectivity index is 3.63. The van der Waals surface area contributed by atoms with Crippen LogP contribution in [0.15, 0.2) is 21.5 Å². The third-order valence-corrected chi connectivity index (χ3v) is 3.39. The molecule has 4 N–H and O–H groups in total. The van der Waals surface area contributed by atoms with Gasteiger partial charge in [0.1, 0.15) is 0 Å². The first kappa shape index (κ1) is 12.2. The highest BCUT2D eigenvalue weighted by atomic mass is 79.9. The minimum Gasteiger partial charge on any atom is -0.366 e. The van der Waals surface area contributed by atoms with Crippen molar-refractivity contribution >= 4 is 31.9 Å². The van der Waals surface area contributed by atoms with E-state index in [9.17, 15) is 13.2 Å². The number of benzene rings is 1. The molecule has 0 bridgehead atoms. The first-order chi connectivity index (χ1) is 6.73. The molecule has 0 unspecified atom stereocenters. The van der Waals surface area contributed by atoms with Crippen LogP contribution in [0.5, 0.6) is 0 Å². The van der Waals surface area contributed by atoms with Crippen molar-refractivity contribution in [3.8, 4) is 0 Å². The van der Waals surface area contributed by atoms with E-state index >= 15 is 0 Å². The Kier molecular flexibility index (Phi) is 3.17. The van der Waals surface area contributed by atoms with Crippen molar-refractivity contribution < 1.29 is 13.2 Å². The van der Waals surface area contributed by atoms with Crippen molar-refractivity contribution in [3.63, 3.8) is 0 Å². The zero-order valence-corrected chi connectivity index (χ0v) is 10.2. The van der Waals surface area contributed by atoms with E-state index in [-0.39, 0.29) is 16.0 Å². The molecule has 0 atom stereocenters. The number of amides is 1. The minimum atomic E-state index is -3.85. The molecule has 0 aliphatic carbocycles. The Morgan fingerprint density at radius 3 is 2.33 bits per heavy atom. The van der Waals surface area contributed by atoms with Crippen LogP contribution < -0.4 is 10.9 Å². The third kappa shape index (κ3) is 2.55. The summed E-state index contributed by atoms with van der Waals surface area (Å²) in [7, 11) is -3.85. The zero-order chi connectivity index (χ0) is 11.8. The number of hydrogen-bond donors (Lipinski definition) is 2. The van der Waals surface area contributed by atoms with Crippen molar-refractivity contribution in [2.75, 3.05) is 0 Å². The second-order valence-electron chi connectivity index (χ2n) is 2.99. The standard InChI is InChI=1S/C8H9BrN2O3S/c1-4-6(8(10)12)2-5(9)3-7(4)15(11,13)14/h2-3H,1H3,(H2,10,12)(H2,11,13,14). The Bertz CT molecular complexity index is 525. The molecule has 1 amide bonds. The van der Waals surface area contributed by atoms with Gasteiger partial charge in [0.15, 0.2) is 0 Å². The van der Waals surface area contributed by atoms with Crippen molar-refractivity contribution in [1.82, 2.24) is 0 Å². The largest absolute Gasteiger partial charge is 0.366 e. The van der Waals surface area contributed by atoms with Crippen LogP contribution >= 0.6 is 15.9 Å². The maximum atomic E-state index is 11.2. The van der Waals surface area contributed by atoms with Crippen molar-refractivity contribution in [1.29, 1.82) is 0 Å². The van der Waals surface area contributed by atoms with Gasteiger partial charge < -0.3 is 5.73 Å². The van der Waals surface area contributed by atoms with Crippen LogP contribution in [0.25, 0.3) is 0 Å². The number of carbonyl (C=O) groups is 1. The van der Waals surface area contributed by atoms with Gasteiger partial charge in [-0.25, -0.2) is 13.6 Å². The van der Waals surface area contributed by atoms with Gasteiger partial charge in [-0.1, -0.05) is 15.9 Å². The van der Waals surface area contributed by atoms with E-state index in [0.29, 0.717) is 4.47 Å². The molecule has 82 valence electrons. The first-order valence-electron chi connectivity index (χ1n) is 3.86. The summed E-state index contributed by atoms with van der Waals surface area (Å²) in [5.41, 5.74) is 5.49. The number of halogens is 1. The van der Waals surface area contributed by atoms with Crippen LogP contribution in [0.3, 0.4) is 0 Å². The van der Waals surface area contributed by atoms with Gasteiger partial charge >= 0.3 is 0 Å². The summed E-state index contributed by atoms with van der Waals surface area (Å²) in [5.74, 6) is -0.696. The first-order valence-corrected chi connectivity index (χ1v) is 6.20. The molecule has 0 saturated heterocycles. The number of carbonyl (C=O) groups excluding carboxylic acids is 1.